The molecule has 2 rings (SSSR count). The van der Waals surface area contributed by atoms with E-state index in [4.69, 9.17) is 15.2 Å². The zero-order chi connectivity index (χ0) is 19.0. The number of nitrogens with two attached hydrogens (primary N) is 1. The minimum atomic E-state index is -1.17. The van der Waals surface area contributed by atoms with Gasteiger partial charge in [0.05, 0.1) is 18.2 Å². The number of ether oxygens (including phenoxy) is 2. The average molecular weight is 349 g/mol. The molecule has 1 amide bonds. The summed E-state index contributed by atoms with van der Waals surface area (Å²) in [7, 11) is 1.26. The molecule has 1 aromatic heterocycles. The molecule has 2 aromatic rings. The molecule has 1 heterocycles. The van der Waals surface area contributed by atoms with E-state index >= 15 is 0 Å². The highest BCUT2D eigenvalue weighted by atomic mass is 16.5. The molecule has 0 aliphatic rings. The number of benzene rings is 1. The monoisotopic (exact) mass is 349 g/mol. The number of hydrogen-bond acceptors (Lipinski definition) is 6. The smallest absolute Gasteiger partial charge is 0.359 e. The lowest BCUT2D eigenvalue weighted by Gasteiger charge is -2.22. The van der Waals surface area contributed by atoms with E-state index in [0.717, 1.165) is 0 Å². The lowest BCUT2D eigenvalue weighted by molar-refractivity contribution is -0.125. The van der Waals surface area contributed by atoms with E-state index in [9.17, 15) is 14.7 Å². The van der Waals surface area contributed by atoms with Gasteiger partial charge in [-0.15, -0.1) is 0 Å². The summed E-state index contributed by atoms with van der Waals surface area (Å²) in [6.45, 7) is 6.54. The fraction of sp³-hybridized carbons (Fsp3) is 0.471. The van der Waals surface area contributed by atoms with Gasteiger partial charge in [-0.3, -0.25) is 4.79 Å². The second-order valence-corrected chi connectivity index (χ2v) is 6.96. The van der Waals surface area contributed by atoms with Crippen LogP contribution in [-0.4, -0.2) is 46.1 Å². The van der Waals surface area contributed by atoms with E-state index in [1.54, 1.807) is 45.9 Å². The van der Waals surface area contributed by atoms with Crippen LogP contribution in [0.15, 0.2) is 18.2 Å². The summed E-state index contributed by atoms with van der Waals surface area (Å²) in [6, 6.07) is 4.96. The van der Waals surface area contributed by atoms with Crippen LogP contribution in [-0.2, 0) is 15.1 Å². The molecule has 0 saturated heterocycles. The number of aromatic nitrogens is 2. The molecule has 0 aliphatic heterocycles. The van der Waals surface area contributed by atoms with Gasteiger partial charge in [0.15, 0.2) is 5.69 Å². The summed E-state index contributed by atoms with van der Waals surface area (Å²) < 4.78 is 11.7. The molecule has 0 bridgehead atoms. The van der Waals surface area contributed by atoms with Crippen molar-refractivity contribution in [3.63, 3.8) is 0 Å². The highest BCUT2D eigenvalue weighted by molar-refractivity contribution is 6.03. The highest BCUT2D eigenvalue weighted by Crippen LogP contribution is 2.29. The number of nitrogens with zero attached hydrogens (tertiary/aromatic N) is 2. The summed E-state index contributed by atoms with van der Waals surface area (Å²) in [5.41, 5.74) is 3.90. The van der Waals surface area contributed by atoms with Gasteiger partial charge in [0.25, 0.3) is 0 Å². The Hall–Kier alpha value is -2.61. The molecule has 3 N–H and O–H groups in total. The molecule has 0 radical (unpaired) electrons. The minimum Gasteiger partial charge on any atom is -0.491 e. The van der Waals surface area contributed by atoms with Gasteiger partial charge < -0.3 is 20.3 Å². The first-order valence-corrected chi connectivity index (χ1v) is 7.74. The number of primary amides is 1. The van der Waals surface area contributed by atoms with E-state index in [2.05, 4.69) is 5.10 Å². The van der Waals surface area contributed by atoms with Crippen LogP contribution in [0.3, 0.4) is 0 Å². The lowest BCUT2D eigenvalue weighted by atomic mass is 10.0. The maximum atomic E-state index is 12.0. The number of carbonyl (C=O) groups excluding carboxylic acids is 2. The van der Waals surface area contributed by atoms with Crippen LogP contribution in [0.5, 0.6) is 5.75 Å². The molecule has 8 nitrogen and oxygen atoms in total. The van der Waals surface area contributed by atoms with Gasteiger partial charge in [-0.1, -0.05) is 0 Å². The zero-order valence-corrected chi connectivity index (χ0v) is 15.0. The van der Waals surface area contributed by atoms with Gasteiger partial charge in [0.2, 0.25) is 5.91 Å². The number of hydrogen-bond donors (Lipinski definition) is 2. The Morgan fingerprint density at radius 2 is 1.92 bits per heavy atom. The summed E-state index contributed by atoms with van der Waals surface area (Å²) in [6.07, 6.45) is 0. The van der Waals surface area contributed by atoms with Crippen LogP contribution >= 0.6 is 0 Å². The molecular formula is C17H23N3O5. The summed E-state index contributed by atoms with van der Waals surface area (Å²) in [5, 5.41) is 14.5. The number of carbonyl (C=O) groups is 2. The van der Waals surface area contributed by atoms with Crippen molar-refractivity contribution in [1.29, 1.82) is 0 Å². The van der Waals surface area contributed by atoms with Crippen molar-refractivity contribution in [1.82, 2.24) is 9.78 Å². The number of esters is 1. The van der Waals surface area contributed by atoms with Crippen molar-refractivity contribution in [3.05, 3.63) is 23.9 Å². The maximum Gasteiger partial charge on any atom is 0.359 e. The van der Waals surface area contributed by atoms with Crippen LogP contribution in [0.2, 0.25) is 0 Å². The van der Waals surface area contributed by atoms with Gasteiger partial charge in [-0.2, -0.15) is 5.10 Å². The molecule has 25 heavy (non-hydrogen) atoms. The summed E-state index contributed by atoms with van der Waals surface area (Å²) >= 11 is 0. The van der Waals surface area contributed by atoms with E-state index < -0.39 is 23.0 Å². The first kappa shape index (κ1) is 18.7. The Labute approximate surface area is 145 Å². The predicted octanol–water partition coefficient (Wildman–Crippen LogP) is 1.19. The molecular weight excluding hydrogens is 326 g/mol. The molecule has 0 unspecified atom stereocenters. The largest absolute Gasteiger partial charge is 0.491 e. The highest BCUT2D eigenvalue weighted by Gasteiger charge is 2.32. The fourth-order valence-electron chi connectivity index (χ4n) is 2.22. The van der Waals surface area contributed by atoms with Crippen molar-refractivity contribution >= 4 is 22.8 Å². The van der Waals surface area contributed by atoms with E-state index in [1.165, 1.54) is 11.8 Å². The summed E-state index contributed by atoms with van der Waals surface area (Å²) in [4.78, 5) is 23.8. The first-order valence-electron chi connectivity index (χ1n) is 7.74. The maximum absolute atomic E-state index is 12.0. The van der Waals surface area contributed by atoms with Gasteiger partial charge >= 0.3 is 5.97 Å². The fourth-order valence-corrected chi connectivity index (χ4v) is 2.22. The second kappa shape index (κ2) is 6.36. The van der Waals surface area contributed by atoms with Gasteiger partial charge in [-0.25, -0.2) is 9.48 Å². The molecule has 0 saturated carbocycles. The number of aliphatic hydroxyl groups is 1. The number of amides is 1. The number of methoxy groups -OCH3 is 1. The quantitative estimate of drug-likeness (QED) is 0.757. The third-order valence-electron chi connectivity index (χ3n) is 3.76. The molecule has 0 atom stereocenters. The second-order valence-electron chi connectivity index (χ2n) is 6.96. The normalized spacial score (nSPS) is 12.2. The van der Waals surface area contributed by atoms with Crippen molar-refractivity contribution < 1.29 is 24.2 Å². The van der Waals surface area contributed by atoms with Crippen molar-refractivity contribution in [2.45, 2.75) is 38.8 Å². The van der Waals surface area contributed by atoms with Gasteiger partial charge in [0.1, 0.15) is 17.9 Å². The number of fused-ring (bicyclic) bond motifs is 1. The molecule has 136 valence electrons. The SMILES string of the molecule is COC(=O)c1nn(C(C)(C)C(N)=O)c2cc(OCC(C)(C)O)ccc12. The number of rotatable bonds is 6. The van der Waals surface area contributed by atoms with Crippen LogP contribution in [0.1, 0.15) is 38.2 Å². The van der Waals surface area contributed by atoms with E-state index in [0.29, 0.717) is 16.7 Å². The van der Waals surface area contributed by atoms with E-state index in [1.807, 2.05) is 0 Å². The topological polar surface area (TPSA) is 117 Å². The standard InChI is InChI=1S/C17H23N3O5/c1-16(2,23)9-25-10-6-7-11-12(8-10)20(17(3,4)15(18)22)19-13(11)14(21)24-5/h6-8,23H,9H2,1-5H3,(H2,18,22). The summed E-state index contributed by atoms with van der Waals surface area (Å²) in [5.74, 6) is -0.752. The van der Waals surface area contributed by atoms with E-state index in [-0.39, 0.29) is 12.3 Å². The Balaban J connectivity index is 2.61. The molecule has 0 spiro atoms. The Bertz CT molecular complexity index is 818. The van der Waals surface area contributed by atoms with Crippen LogP contribution in [0.25, 0.3) is 10.9 Å². The lowest BCUT2D eigenvalue weighted by Crippen LogP contribution is -2.41. The van der Waals surface area contributed by atoms with Crippen LogP contribution < -0.4 is 10.5 Å². The van der Waals surface area contributed by atoms with Gasteiger partial charge in [0, 0.05) is 11.5 Å². The third kappa shape index (κ3) is 3.74. The average Bonchev–Trinajstić information content (AvgIpc) is 2.90. The molecule has 1 aromatic carbocycles. The molecule has 0 aliphatic carbocycles. The third-order valence-corrected chi connectivity index (χ3v) is 3.76. The Kier molecular flexibility index (Phi) is 4.76. The zero-order valence-electron chi connectivity index (χ0n) is 15.0. The predicted molar refractivity (Wildman–Crippen MR) is 91.4 cm³/mol. The Morgan fingerprint density at radius 3 is 2.44 bits per heavy atom. The van der Waals surface area contributed by atoms with Crippen molar-refractivity contribution in [2.75, 3.05) is 13.7 Å². The van der Waals surface area contributed by atoms with Crippen molar-refractivity contribution in [2.24, 2.45) is 5.73 Å². The van der Waals surface area contributed by atoms with Crippen LogP contribution in [0, 0.1) is 0 Å². The van der Waals surface area contributed by atoms with Crippen molar-refractivity contribution in [3.8, 4) is 5.75 Å². The Morgan fingerprint density at radius 1 is 1.28 bits per heavy atom. The molecule has 8 heteroatoms. The molecule has 0 fully saturated rings. The first-order chi connectivity index (χ1) is 11.5. The van der Waals surface area contributed by atoms with Crippen LogP contribution in [0.4, 0.5) is 0 Å². The minimum absolute atomic E-state index is 0.0791. The van der Waals surface area contributed by atoms with Gasteiger partial charge in [-0.05, 0) is 39.8 Å².